The Morgan fingerprint density at radius 1 is 1.24 bits per heavy atom. The maximum absolute atomic E-state index is 4.34. The van der Waals surface area contributed by atoms with E-state index in [1.165, 1.54) is 11.3 Å². The second kappa shape index (κ2) is 4.34. The van der Waals surface area contributed by atoms with Crippen LogP contribution in [0, 0.1) is 0 Å². The van der Waals surface area contributed by atoms with Crippen molar-refractivity contribution in [1.29, 1.82) is 0 Å². The molecule has 0 aliphatic carbocycles. The van der Waals surface area contributed by atoms with E-state index in [0.29, 0.717) is 6.04 Å². The first kappa shape index (κ1) is 10.5. The Morgan fingerprint density at radius 3 is 2.88 bits per heavy atom. The highest BCUT2D eigenvalue weighted by Crippen LogP contribution is 2.18. The normalized spacial score (nSPS) is 20.2. The minimum atomic E-state index is 0.544. The summed E-state index contributed by atoms with van der Waals surface area (Å²) < 4.78 is 2.12. The molecule has 0 fully saturated rings. The standard InChI is InChI=1S/C14H17N3/c1-12-9-17-14(7-8-15-17)11-16(12)10-13-5-3-2-4-6-13/h2-8,12H,9-11H2,1H3/t12-/m1/s1. The summed E-state index contributed by atoms with van der Waals surface area (Å²) in [6.07, 6.45) is 1.90. The van der Waals surface area contributed by atoms with Crippen LogP contribution in [0.1, 0.15) is 18.2 Å². The molecule has 1 aromatic heterocycles. The summed E-state index contributed by atoms with van der Waals surface area (Å²) in [6, 6.07) is 13.3. The van der Waals surface area contributed by atoms with E-state index in [1.807, 2.05) is 6.20 Å². The smallest absolute Gasteiger partial charge is 0.0566 e. The Hall–Kier alpha value is -1.61. The van der Waals surface area contributed by atoms with E-state index in [9.17, 15) is 0 Å². The second-order valence-electron chi connectivity index (χ2n) is 4.74. The fourth-order valence-electron chi connectivity index (χ4n) is 2.42. The minimum absolute atomic E-state index is 0.544. The lowest BCUT2D eigenvalue weighted by molar-refractivity contribution is 0.137. The van der Waals surface area contributed by atoms with E-state index in [0.717, 1.165) is 19.6 Å². The Bertz CT molecular complexity index is 489. The van der Waals surface area contributed by atoms with Gasteiger partial charge in [-0.25, -0.2) is 0 Å². The molecule has 3 rings (SSSR count). The zero-order chi connectivity index (χ0) is 11.7. The van der Waals surface area contributed by atoms with Crippen molar-refractivity contribution in [2.75, 3.05) is 0 Å². The lowest BCUT2D eigenvalue weighted by atomic mass is 10.1. The van der Waals surface area contributed by atoms with Crippen molar-refractivity contribution in [3.63, 3.8) is 0 Å². The van der Waals surface area contributed by atoms with Gasteiger partial charge in [0, 0.05) is 25.3 Å². The Kier molecular flexibility index (Phi) is 2.69. The molecule has 3 nitrogen and oxygen atoms in total. The maximum Gasteiger partial charge on any atom is 0.0566 e. The lowest BCUT2D eigenvalue weighted by Crippen LogP contribution is -2.40. The van der Waals surface area contributed by atoms with Gasteiger partial charge in [-0.2, -0.15) is 5.10 Å². The zero-order valence-corrected chi connectivity index (χ0v) is 10.1. The molecule has 0 amide bonds. The first-order valence-corrected chi connectivity index (χ1v) is 6.11. The Balaban J connectivity index is 1.77. The van der Waals surface area contributed by atoms with Crippen molar-refractivity contribution in [3.8, 4) is 0 Å². The van der Waals surface area contributed by atoms with Crippen LogP contribution in [0.2, 0.25) is 0 Å². The van der Waals surface area contributed by atoms with E-state index in [1.54, 1.807) is 0 Å². The third-order valence-corrected chi connectivity index (χ3v) is 3.46. The number of aromatic nitrogens is 2. The SMILES string of the molecule is C[C@@H]1Cn2nccc2CN1Cc1ccccc1. The van der Waals surface area contributed by atoms with Gasteiger partial charge >= 0.3 is 0 Å². The highest BCUT2D eigenvalue weighted by Gasteiger charge is 2.22. The molecule has 1 aromatic carbocycles. The molecule has 0 spiro atoms. The summed E-state index contributed by atoms with van der Waals surface area (Å²) in [5.74, 6) is 0. The number of rotatable bonds is 2. The van der Waals surface area contributed by atoms with E-state index >= 15 is 0 Å². The molecule has 0 bridgehead atoms. The van der Waals surface area contributed by atoms with Gasteiger partial charge in [-0.3, -0.25) is 9.58 Å². The molecule has 0 radical (unpaired) electrons. The predicted molar refractivity (Wildman–Crippen MR) is 67.4 cm³/mol. The van der Waals surface area contributed by atoms with E-state index < -0.39 is 0 Å². The van der Waals surface area contributed by atoms with Crippen molar-refractivity contribution >= 4 is 0 Å². The van der Waals surface area contributed by atoms with Crippen LogP contribution in [-0.2, 0) is 19.6 Å². The van der Waals surface area contributed by atoms with Gasteiger partial charge in [-0.15, -0.1) is 0 Å². The van der Waals surface area contributed by atoms with Crippen LogP contribution in [0.5, 0.6) is 0 Å². The van der Waals surface area contributed by atoms with Crippen LogP contribution >= 0.6 is 0 Å². The molecule has 3 heteroatoms. The number of hydrogen-bond acceptors (Lipinski definition) is 2. The number of hydrogen-bond donors (Lipinski definition) is 0. The number of nitrogens with zero attached hydrogens (tertiary/aromatic N) is 3. The predicted octanol–water partition coefficient (Wildman–Crippen LogP) is 2.29. The van der Waals surface area contributed by atoms with Gasteiger partial charge in [-0.05, 0) is 18.6 Å². The zero-order valence-electron chi connectivity index (χ0n) is 10.1. The monoisotopic (exact) mass is 227 g/mol. The molecule has 88 valence electrons. The summed E-state index contributed by atoms with van der Waals surface area (Å²) in [5, 5.41) is 4.34. The molecule has 2 heterocycles. The van der Waals surface area contributed by atoms with Gasteiger partial charge in [0.15, 0.2) is 0 Å². The van der Waals surface area contributed by atoms with Crippen LogP contribution in [0.3, 0.4) is 0 Å². The molecule has 0 unspecified atom stereocenters. The first-order valence-electron chi connectivity index (χ1n) is 6.11. The minimum Gasteiger partial charge on any atom is -0.289 e. The van der Waals surface area contributed by atoms with Gasteiger partial charge < -0.3 is 0 Å². The van der Waals surface area contributed by atoms with Gasteiger partial charge in [0.1, 0.15) is 0 Å². The number of fused-ring (bicyclic) bond motifs is 1. The quantitative estimate of drug-likeness (QED) is 0.785. The van der Waals surface area contributed by atoms with Gasteiger partial charge in [0.05, 0.1) is 12.2 Å². The summed E-state index contributed by atoms with van der Waals surface area (Å²) in [4.78, 5) is 2.51. The Morgan fingerprint density at radius 2 is 2.06 bits per heavy atom. The third kappa shape index (κ3) is 2.11. The highest BCUT2D eigenvalue weighted by atomic mass is 15.3. The molecular weight excluding hydrogens is 210 g/mol. The fourth-order valence-corrected chi connectivity index (χ4v) is 2.42. The molecular formula is C14H17N3. The van der Waals surface area contributed by atoms with E-state index in [2.05, 4.69) is 58.0 Å². The first-order chi connectivity index (χ1) is 8.33. The van der Waals surface area contributed by atoms with E-state index in [-0.39, 0.29) is 0 Å². The fraction of sp³-hybridized carbons (Fsp3) is 0.357. The largest absolute Gasteiger partial charge is 0.289 e. The number of benzene rings is 1. The summed E-state index contributed by atoms with van der Waals surface area (Å²) in [7, 11) is 0. The van der Waals surface area contributed by atoms with E-state index in [4.69, 9.17) is 0 Å². The molecule has 1 atom stereocenters. The van der Waals surface area contributed by atoms with Crippen molar-refractivity contribution in [3.05, 3.63) is 53.9 Å². The average Bonchev–Trinajstić information content (AvgIpc) is 2.78. The summed E-state index contributed by atoms with van der Waals surface area (Å²) in [6.45, 7) is 5.28. The third-order valence-electron chi connectivity index (χ3n) is 3.46. The molecule has 0 N–H and O–H groups in total. The molecule has 2 aromatic rings. The second-order valence-corrected chi connectivity index (χ2v) is 4.74. The van der Waals surface area contributed by atoms with Crippen LogP contribution in [-0.4, -0.2) is 20.7 Å². The highest BCUT2D eigenvalue weighted by molar-refractivity contribution is 5.15. The molecule has 1 aliphatic rings. The van der Waals surface area contributed by atoms with Gasteiger partial charge in [0.25, 0.3) is 0 Å². The van der Waals surface area contributed by atoms with Crippen molar-refractivity contribution in [2.45, 2.75) is 32.6 Å². The van der Waals surface area contributed by atoms with Gasteiger partial charge in [-0.1, -0.05) is 30.3 Å². The van der Waals surface area contributed by atoms with Crippen molar-refractivity contribution in [1.82, 2.24) is 14.7 Å². The van der Waals surface area contributed by atoms with Crippen molar-refractivity contribution < 1.29 is 0 Å². The maximum atomic E-state index is 4.34. The molecule has 0 saturated carbocycles. The summed E-state index contributed by atoms with van der Waals surface area (Å²) in [5.41, 5.74) is 2.70. The topological polar surface area (TPSA) is 21.1 Å². The summed E-state index contributed by atoms with van der Waals surface area (Å²) >= 11 is 0. The Labute approximate surface area is 102 Å². The van der Waals surface area contributed by atoms with Crippen molar-refractivity contribution in [2.24, 2.45) is 0 Å². The van der Waals surface area contributed by atoms with Gasteiger partial charge in [0.2, 0.25) is 0 Å². The van der Waals surface area contributed by atoms with Crippen LogP contribution in [0.15, 0.2) is 42.6 Å². The van der Waals surface area contributed by atoms with Crippen LogP contribution in [0.4, 0.5) is 0 Å². The average molecular weight is 227 g/mol. The lowest BCUT2D eigenvalue weighted by Gasteiger charge is -2.33. The molecule has 0 saturated heterocycles. The van der Waals surface area contributed by atoms with Crippen LogP contribution < -0.4 is 0 Å². The molecule has 17 heavy (non-hydrogen) atoms. The molecule has 1 aliphatic heterocycles. The van der Waals surface area contributed by atoms with Crippen LogP contribution in [0.25, 0.3) is 0 Å².